The molecule has 11 nitrogen and oxygen atoms in total. The van der Waals surface area contributed by atoms with Crippen molar-refractivity contribution >= 4 is 48.3 Å². The van der Waals surface area contributed by atoms with Crippen molar-refractivity contribution in [3.8, 4) is 5.75 Å². The molecule has 0 radical (unpaired) electrons. The quantitative estimate of drug-likeness (QED) is 0.0710. The van der Waals surface area contributed by atoms with Crippen LogP contribution in [0.2, 0.25) is 18.6 Å². The fourth-order valence-corrected chi connectivity index (χ4v) is 13.3. The molecule has 1 spiro atoms. The molecule has 6 rings (SSSR count). The highest BCUT2D eigenvalue weighted by Crippen LogP contribution is 2.60. The lowest BCUT2D eigenvalue weighted by Gasteiger charge is -2.39. The molecule has 3 aliphatic heterocycles. The standard InChI is InChI=1S/C47H59N3O8Si/c1-31(2)13-12-14-32(3)23-24-49-40-22-17-36(50-43(54)29-44(50)57-34(5)52)27-39(40)47(46(49)55)33(4)45(59(7,8)38-20-18-37(56-6)19-21-38)41(58-47)28-42(53)48(25-26-51)30-35-15-10-9-11-16-35/h9-11,13,15-23,27,33,41,44-45,51H,12,14,24-26,28-30H2,1-8H3/b32-23+/t33-,41+,44?,45-,47+/m0/s1. The molecule has 5 atom stereocenters. The number of hydrogen-bond donors (Lipinski definition) is 1. The van der Waals surface area contributed by atoms with Crippen molar-refractivity contribution < 1.29 is 38.5 Å². The number of carbonyl (C=O) groups is 4. The Morgan fingerprint density at radius 3 is 2.34 bits per heavy atom. The number of benzene rings is 3. The predicted molar refractivity (Wildman–Crippen MR) is 232 cm³/mol. The Balaban J connectivity index is 1.46. The van der Waals surface area contributed by atoms with Crippen LogP contribution in [0.4, 0.5) is 11.4 Å². The van der Waals surface area contributed by atoms with E-state index < -0.39 is 37.9 Å². The Bertz CT molecular complexity index is 2100. The summed E-state index contributed by atoms with van der Waals surface area (Å²) < 4.78 is 18.3. The largest absolute Gasteiger partial charge is 0.497 e. The van der Waals surface area contributed by atoms with Crippen LogP contribution in [-0.2, 0) is 40.8 Å². The van der Waals surface area contributed by atoms with Gasteiger partial charge in [0.05, 0.1) is 46.4 Å². The summed E-state index contributed by atoms with van der Waals surface area (Å²) in [5.74, 6) is -0.753. The first-order valence-electron chi connectivity index (χ1n) is 20.6. The molecule has 2 fully saturated rings. The van der Waals surface area contributed by atoms with Crippen molar-refractivity contribution in [1.29, 1.82) is 0 Å². The first kappa shape index (κ1) is 43.5. The number of ether oxygens (including phenoxy) is 3. The maximum atomic E-state index is 15.4. The average Bonchev–Trinajstić information content (AvgIpc) is 3.62. The zero-order chi connectivity index (χ0) is 42.6. The number of allylic oxidation sites excluding steroid dienone is 3. The lowest BCUT2D eigenvalue weighted by Crippen LogP contribution is -2.55. The van der Waals surface area contributed by atoms with Crippen molar-refractivity contribution in [3.63, 3.8) is 0 Å². The molecule has 2 saturated heterocycles. The Labute approximate surface area is 349 Å². The van der Waals surface area contributed by atoms with E-state index in [1.165, 1.54) is 17.4 Å². The van der Waals surface area contributed by atoms with Crippen LogP contribution in [0.25, 0.3) is 0 Å². The first-order chi connectivity index (χ1) is 28.1. The Kier molecular flexibility index (Phi) is 13.3. The first-order valence-corrected chi connectivity index (χ1v) is 23.7. The second-order valence-electron chi connectivity index (χ2n) is 16.9. The summed E-state index contributed by atoms with van der Waals surface area (Å²) in [7, 11) is -0.978. The van der Waals surface area contributed by atoms with E-state index in [9.17, 15) is 19.5 Å². The summed E-state index contributed by atoms with van der Waals surface area (Å²) in [6.45, 7) is 14.7. The number of methoxy groups -OCH3 is 1. The molecule has 12 heteroatoms. The highest BCUT2D eigenvalue weighted by atomic mass is 28.3. The van der Waals surface area contributed by atoms with Crippen LogP contribution in [0.3, 0.4) is 0 Å². The third-order valence-corrected chi connectivity index (χ3v) is 16.7. The minimum Gasteiger partial charge on any atom is -0.497 e. The normalized spacial score (nSPS) is 22.6. The molecule has 59 heavy (non-hydrogen) atoms. The highest BCUT2D eigenvalue weighted by Gasteiger charge is 2.66. The summed E-state index contributed by atoms with van der Waals surface area (Å²) in [6, 6.07) is 23.2. The molecular formula is C47H59N3O8Si. The second kappa shape index (κ2) is 18.1. The molecule has 1 N–H and O–H groups in total. The molecular weight excluding hydrogens is 763 g/mol. The number of esters is 1. The van der Waals surface area contributed by atoms with Crippen molar-refractivity contribution in [2.45, 2.75) is 103 Å². The van der Waals surface area contributed by atoms with Crippen molar-refractivity contribution in [3.05, 3.63) is 107 Å². The molecule has 0 saturated carbocycles. The van der Waals surface area contributed by atoms with E-state index in [-0.39, 0.29) is 49.3 Å². The second-order valence-corrected chi connectivity index (χ2v) is 21.6. The lowest BCUT2D eigenvalue weighted by atomic mass is 9.82. The van der Waals surface area contributed by atoms with Gasteiger partial charge in [-0.15, -0.1) is 0 Å². The van der Waals surface area contributed by atoms with Gasteiger partial charge >= 0.3 is 5.97 Å². The Morgan fingerprint density at radius 2 is 1.71 bits per heavy atom. The molecule has 3 amide bonds. The van der Waals surface area contributed by atoms with Gasteiger partial charge in [-0.25, -0.2) is 0 Å². The van der Waals surface area contributed by atoms with Gasteiger partial charge in [-0.3, -0.25) is 24.1 Å². The zero-order valence-corrected chi connectivity index (χ0v) is 36.7. The minimum absolute atomic E-state index is 0.000982. The number of carbonyl (C=O) groups excluding carboxylic acids is 4. The van der Waals surface area contributed by atoms with Gasteiger partial charge in [-0.1, -0.05) is 91.0 Å². The molecule has 0 bridgehead atoms. The number of fused-ring (bicyclic) bond motifs is 2. The van der Waals surface area contributed by atoms with Crippen LogP contribution in [0.15, 0.2) is 96.1 Å². The molecule has 3 heterocycles. The number of amides is 3. The van der Waals surface area contributed by atoms with Crippen LogP contribution in [0, 0.1) is 5.92 Å². The van der Waals surface area contributed by atoms with Gasteiger partial charge in [-0.2, -0.15) is 0 Å². The summed E-state index contributed by atoms with van der Waals surface area (Å²) in [4.78, 5) is 59.9. The Morgan fingerprint density at radius 1 is 1.00 bits per heavy atom. The van der Waals surface area contributed by atoms with Gasteiger partial charge in [0.1, 0.15) is 5.75 Å². The van der Waals surface area contributed by atoms with E-state index in [4.69, 9.17) is 14.2 Å². The van der Waals surface area contributed by atoms with E-state index in [0.29, 0.717) is 30.0 Å². The van der Waals surface area contributed by atoms with E-state index in [1.54, 1.807) is 23.0 Å². The fraction of sp³-hybridized carbons (Fsp3) is 0.447. The van der Waals surface area contributed by atoms with E-state index >= 15 is 4.79 Å². The zero-order valence-electron chi connectivity index (χ0n) is 35.7. The van der Waals surface area contributed by atoms with Crippen LogP contribution < -0.4 is 19.7 Å². The topological polar surface area (TPSA) is 126 Å². The molecule has 3 aromatic rings. The maximum Gasteiger partial charge on any atom is 0.304 e. The monoisotopic (exact) mass is 821 g/mol. The number of nitrogens with zero attached hydrogens (tertiary/aromatic N) is 3. The summed E-state index contributed by atoms with van der Waals surface area (Å²) in [5.41, 5.74) is 3.44. The number of hydrogen-bond acceptors (Lipinski definition) is 8. The van der Waals surface area contributed by atoms with Crippen LogP contribution in [0.1, 0.15) is 71.4 Å². The number of anilines is 2. The number of β-lactam (4-membered cyclic amide) rings is 1. The molecule has 3 aliphatic rings. The molecule has 314 valence electrons. The molecule has 3 aromatic carbocycles. The van der Waals surface area contributed by atoms with Crippen molar-refractivity contribution in [2.24, 2.45) is 5.92 Å². The van der Waals surface area contributed by atoms with Gasteiger partial charge < -0.3 is 29.1 Å². The average molecular weight is 822 g/mol. The molecule has 1 unspecified atom stereocenters. The van der Waals surface area contributed by atoms with E-state index in [0.717, 1.165) is 34.9 Å². The van der Waals surface area contributed by atoms with E-state index in [1.807, 2.05) is 54.6 Å². The van der Waals surface area contributed by atoms with Crippen molar-refractivity contribution in [1.82, 2.24) is 4.90 Å². The number of aliphatic hydroxyl groups excluding tert-OH is 1. The maximum absolute atomic E-state index is 15.4. The van der Waals surface area contributed by atoms with Crippen molar-refractivity contribution in [2.75, 3.05) is 36.6 Å². The summed E-state index contributed by atoms with van der Waals surface area (Å²) >= 11 is 0. The predicted octanol–water partition coefficient (Wildman–Crippen LogP) is 6.99. The highest BCUT2D eigenvalue weighted by molar-refractivity contribution is 6.91. The van der Waals surface area contributed by atoms with Gasteiger partial charge in [-0.05, 0) is 75.0 Å². The number of aliphatic hydroxyl groups is 1. The van der Waals surface area contributed by atoms with Crippen LogP contribution in [-0.4, -0.2) is 80.9 Å². The van der Waals surface area contributed by atoms with Gasteiger partial charge in [0, 0.05) is 43.7 Å². The minimum atomic E-state index is -2.61. The molecule has 0 aliphatic carbocycles. The smallest absolute Gasteiger partial charge is 0.304 e. The van der Waals surface area contributed by atoms with Crippen LogP contribution in [0.5, 0.6) is 5.75 Å². The van der Waals surface area contributed by atoms with Gasteiger partial charge in [0.15, 0.2) is 11.8 Å². The van der Waals surface area contributed by atoms with Crippen LogP contribution >= 0.6 is 0 Å². The number of rotatable bonds is 16. The summed E-state index contributed by atoms with van der Waals surface area (Å²) in [6.07, 6.45) is 4.70. The fourth-order valence-electron chi connectivity index (χ4n) is 9.27. The van der Waals surface area contributed by atoms with E-state index in [2.05, 4.69) is 65.1 Å². The summed E-state index contributed by atoms with van der Waals surface area (Å²) in [5, 5.41) is 11.2. The SMILES string of the molecule is COc1ccc([Si](C)(C)[C@@H]2[C@@H](CC(=O)N(CCO)Cc3ccccc3)O[C@]3(C(=O)N(C/C=C(\C)CCC=C(C)C)c4ccc(N5C(=O)CC5OC(C)=O)cc43)[C@H]2C)cc1. The lowest BCUT2D eigenvalue weighted by molar-refractivity contribution is -0.154. The van der Waals surface area contributed by atoms with Gasteiger partial charge in [0.25, 0.3) is 5.91 Å². The third kappa shape index (κ3) is 8.81. The van der Waals surface area contributed by atoms with Gasteiger partial charge in [0.2, 0.25) is 11.8 Å². The third-order valence-electron chi connectivity index (χ3n) is 12.3. The molecule has 0 aromatic heterocycles. The Hall–Kier alpha value is -5.04.